The molecule has 2 aliphatic heterocycles. The van der Waals surface area contributed by atoms with E-state index in [9.17, 15) is 40.9 Å². The Bertz CT molecular complexity index is 1490. The zero-order valence-electron chi connectivity index (χ0n) is 35.7. The van der Waals surface area contributed by atoms with Crippen LogP contribution in [0, 0.1) is 50.2 Å². The average Bonchev–Trinajstić information content (AvgIpc) is 3.16. The Balaban J connectivity index is 1.17. The maximum absolute atomic E-state index is 12.3. The van der Waals surface area contributed by atoms with E-state index in [0.29, 0.717) is 6.42 Å². The molecule has 8 N–H and O–H groups in total. The van der Waals surface area contributed by atoms with Gasteiger partial charge in [-0.3, -0.25) is 0 Å². The third-order valence-electron chi connectivity index (χ3n) is 18.0. The van der Waals surface area contributed by atoms with Gasteiger partial charge in [-0.25, -0.2) is 0 Å². The summed E-state index contributed by atoms with van der Waals surface area (Å²) in [4.78, 5) is 0. The molecule has 7 aliphatic rings. The normalized spacial score (nSPS) is 56.1. The fraction of sp³-hybridized carbons (Fsp3) is 0.955. The van der Waals surface area contributed by atoms with Crippen LogP contribution in [0.5, 0.6) is 0 Å². The topological polar surface area (TPSA) is 208 Å². The molecule has 6 fully saturated rings. The molecule has 0 bridgehead atoms. The van der Waals surface area contributed by atoms with Gasteiger partial charge in [0.1, 0.15) is 42.7 Å². The summed E-state index contributed by atoms with van der Waals surface area (Å²) in [5.41, 5.74) is 0.0568. The molecule has 7 rings (SSSR count). The predicted molar refractivity (Wildman–Crippen MR) is 208 cm³/mol. The molecule has 13 heteroatoms. The molecular formula is C44H74O13. The fourth-order valence-electron chi connectivity index (χ4n) is 14.4. The monoisotopic (exact) mass is 811 g/mol. The van der Waals surface area contributed by atoms with Crippen molar-refractivity contribution in [2.45, 2.75) is 193 Å². The molecular weight excluding hydrogens is 736 g/mol. The second-order valence-electron chi connectivity index (χ2n) is 21.2. The van der Waals surface area contributed by atoms with Gasteiger partial charge >= 0.3 is 0 Å². The van der Waals surface area contributed by atoms with Crippen molar-refractivity contribution in [2.24, 2.45) is 50.2 Å². The van der Waals surface area contributed by atoms with Crippen LogP contribution in [0.3, 0.4) is 0 Å². The molecule has 5 aliphatic carbocycles. The summed E-state index contributed by atoms with van der Waals surface area (Å²) in [5, 5.41) is 87.4. The summed E-state index contributed by atoms with van der Waals surface area (Å²) in [5.74, 6) is 0.379. The van der Waals surface area contributed by atoms with Crippen LogP contribution in [0.2, 0.25) is 0 Å². The highest BCUT2D eigenvalue weighted by molar-refractivity contribution is 5.37. The van der Waals surface area contributed by atoms with E-state index in [0.717, 1.165) is 51.4 Å². The lowest BCUT2D eigenvalue weighted by molar-refractivity contribution is -0.368. The van der Waals surface area contributed by atoms with Gasteiger partial charge in [0.15, 0.2) is 12.6 Å². The van der Waals surface area contributed by atoms with Crippen molar-refractivity contribution in [3.8, 4) is 0 Å². The van der Waals surface area contributed by atoms with E-state index in [1.54, 1.807) is 6.92 Å². The molecule has 4 saturated carbocycles. The maximum atomic E-state index is 12.3. The second-order valence-corrected chi connectivity index (χ2v) is 21.2. The molecule has 0 spiro atoms. The summed E-state index contributed by atoms with van der Waals surface area (Å²) in [6, 6.07) is 0. The number of ether oxygens (including phenoxy) is 5. The van der Waals surface area contributed by atoms with Crippen molar-refractivity contribution in [1.29, 1.82) is 0 Å². The molecule has 21 atom stereocenters. The van der Waals surface area contributed by atoms with Crippen molar-refractivity contribution in [1.82, 2.24) is 0 Å². The summed E-state index contributed by atoms with van der Waals surface area (Å²) in [6.45, 7) is 17.1. The van der Waals surface area contributed by atoms with E-state index in [2.05, 4.69) is 54.5 Å². The largest absolute Gasteiger partial charge is 0.396 e. The van der Waals surface area contributed by atoms with E-state index in [1.165, 1.54) is 5.57 Å². The molecule has 328 valence electrons. The lowest BCUT2D eigenvalue weighted by Crippen LogP contribution is -2.70. The lowest BCUT2D eigenvalue weighted by atomic mass is 9.32. The number of hydrogen-bond acceptors (Lipinski definition) is 13. The van der Waals surface area contributed by atoms with Gasteiger partial charge in [-0.15, -0.1) is 0 Å². The Labute approximate surface area is 339 Å². The van der Waals surface area contributed by atoms with Crippen molar-refractivity contribution >= 4 is 0 Å². The van der Waals surface area contributed by atoms with Gasteiger partial charge in [0.2, 0.25) is 0 Å². The Morgan fingerprint density at radius 1 is 0.772 bits per heavy atom. The summed E-state index contributed by atoms with van der Waals surface area (Å²) < 4.78 is 30.8. The molecule has 0 aromatic rings. The standard InChI is InChI=1S/C44H74O13/c1-10-44-16-15-39(3,4)18-24(44)23-17-25(53-9)36-40(5)13-12-29(41(6,21-46)27(40)11-14-42(36,7)43(23,8)19-28(44)47)56-38-34(52)35(30(48)22(2)54-38)57-37-33(51)32(50)31(49)26(20-45)55-37/h17,22,24-38,45-52H,10-16,18-21H2,1-9H3/t22-,24+,25-,26-,27-,28?,29+,30+,31-,32+,33-,34-,35+,36-,37+,38+,40+,41+,42-,43-,44+/m1/s1. The smallest absolute Gasteiger partial charge is 0.187 e. The molecule has 2 heterocycles. The van der Waals surface area contributed by atoms with Gasteiger partial charge in [0.05, 0.1) is 37.6 Å². The van der Waals surface area contributed by atoms with E-state index in [-0.39, 0.29) is 57.5 Å². The number of rotatable bonds is 8. The van der Waals surface area contributed by atoms with Crippen LogP contribution in [-0.4, -0.2) is 141 Å². The molecule has 2 saturated heterocycles. The highest BCUT2D eigenvalue weighted by Crippen LogP contribution is 2.76. The minimum Gasteiger partial charge on any atom is -0.396 e. The molecule has 1 unspecified atom stereocenters. The number of fused-ring (bicyclic) bond motifs is 7. The Morgan fingerprint density at radius 3 is 2.09 bits per heavy atom. The van der Waals surface area contributed by atoms with Crippen molar-refractivity contribution in [3.05, 3.63) is 11.6 Å². The minimum atomic E-state index is -1.73. The van der Waals surface area contributed by atoms with Gasteiger partial charge in [0.25, 0.3) is 0 Å². The molecule has 0 aromatic carbocycles. The SMILES string of the molecule is CC[C@]12CCC(C)(C)C[C@H]1C1=C[C@@H](OC)[C@@H]3[C@@]4(C)CC[C@H](O[C@@H]5O[C@H](C)[C@H](O)[C@H](O[C@@H]6O[C@H](CO)[C@@H](O)[C@H](O)[C@H]6O)[C@H]5O)[C@@](C)(CO)[C@@H]4CC[C@@]3(C)[C@]1(C)CC2O. The first-order chi connectivity index (χ1) is 26.6. The summed E-state index contributed by atoms with van der Waals surface area (Å²) in [7, 11) is 1.83. The number of methoxy groups -OCH3 is 1. The number of aliphatic hydroxyl groups excluding tert-OH is 8. The van der Waals surface area contributed by atoms with Gasteiger partial charge in [0, 0.05) is 23.9 Å². The lowest BCUT2D eigenvalue weighted by Gasteiger charge is -2.73. The Kier molecular flexibility index (Phi) is 11.8. The molecule has 57 heavy (non-hydrogen) atoms. The van der Waals surface area contributed by atoms with Gasteiger partial charge in [-0.05, 0) is 98.2 Å². The molecule has 0 amide bonds. The van der Waals surface area contributed by atoms with E-state index in [1.807, 2.05) is 7.11 Å². The van der Waals surface area contributed by atoms with Gasteiger partial charge in [-0.2, -0.15) is 0 Å². The Hall–Kier alpha value is -0.780. The average molecular weight is 811 g/mol. The van der Waals surface area contributed by atoms with Crippen molar-refractivity contribution in [2.75, 3.05) is 20.3 Å². The zero-order valence-corrected chi connectivity index (χ0v) is 35.7. The van der Waals surface area contributed by atoms with E-state index >= 15 is 0 Å². The summed E-state index contributed by atoms with van der Waals surface area (Å²) >= 11 is 0. The third-order valence-corrected chi connectivity index (χ3v) is 18.0. The predicted octanol–water partition coefficient (Wildman–Crippen LogP) is 2.80. The van der Waals surface area contributed by atoms with Crippen LogP contribution in [0.15, 0.2) is 11.6 Å². The quantitative estimate of drug-likeness (QED) is 0.131. The van der Waals surface area contributed by atoms with Gasteiger partial charge < -0.3 is 64.5 Å². The van der Waals surface area contributed by atoms with E-state index in [4.69, 9.17) is 23.7 Å². The molecule has 0 radical (unpaired) electrons. The van der Waals surface area contributed by atoms with Crippen LogP contribution in [0.4, 0.5) is 0 Å². The second kappa shape index (κ2) is 15.2. The first kappa shape index (κ1) is 44.3. The van der Waals surface area contributed by atoms with Crippen molar-refractivity contribution in [3.63, 3.8) is 0 Å². The minimum absolute atomic E-state index is 0.00444. The number of hydrogen-bond donors (Lipinski definition) is 8. The zero-order chi connectivity index (χ0) is 41.8. The van der Waals surface area contributed by atoms with Crippen molar-refractivity contribution < 1.29 is 64.5 Å². The third kappa shape index (κ3) is 6.49. The first-order valence-corrected chi connectivity index (χ1v) is 21.8. The highest BCUT2D eigenvalue weighted by Gasteiger charge is 2.72. The fourth-order valence-corrected chi connectivity index (χ4v) is 14.4. The van der Waals surface area contributed by atoms with Crippen LogP contribution < -0.4 is 0 Å². The van der Waals surface area contributed by atoms with Crippen LogP contribution >= 0.6 is 0 Å². The van der Waals surface area contributed by atoms with Crippen LogP contribution in [0.25, 0.3) is 0 Å². The maximum Gasteiger partial charge on any atom is 0.187 e. The van der Waals surface area contributed by atoms with Crippen LogP contribution in [-0.2, 0) is 23.7 Å². The number of aliphatic hydroxyl groups is 8. The Morgan fingerprint density at radius 2 is 1.46 bits per heavy atom. The van der Waals surface area contributed by atoms with Crippen LogP contribution in [0.1, 0.15) is 113 Å². The van der Waals surface area contributed by atoms with Gasteiger partial charge in [-0.1, -0.05) is 60.1 Å². The number of allylic oxidation sites excluding steroid dienone is 1. The first-order valence-electron chi connectivity index (χ1n) is 21.8. The molecule has 0 aromatic heterocycles. The summed E-state index contributed by atoms with van der Waals surface area (Å²) in [6.07, 6.45) is -5.01. The highest BCUT2D eigenvalue weighted by atomic mass is 16.7. The van der Waals surface area contributed by atoms with E-state index < -0.39 is 85.6 Å². The molecule has 13 nitrogen and oxygen atoms in total.